The van der Waals surface area contributed by atoms with Gasteiger partial charge >= 0.3 is 0 Å². The van der Waals surface area contributed by atoms with Crippen LogP contribution in [0.3, 0.4) is 0 Å². The van der Waals surface area contributed by atoms with Gasteiger partial charge in [0.1, 0.15) is 16.4 Å². The Hall–Kier alpha value is -1.09. The normalized spacial score (nSPS) is 17.3. The van der Waals surface area contributed by atoms with Crippen molar-refractivity contribution in [3.63, 3.8) is 0 Å². The molecule has 3 rings (SSSR count). The van der Waals surface area contributed by atoms with Crippen molar-refractivity contribution in [3.8, 4) is 0 Å². The van der Waals surface area contributed by atoms with Gasteiger partial charge in [-0.05, 0) is 37.3 Å². The second-order valence-corrected chi connectivity index (χ2v) is 8.62. The molecule has 142 valence electrons. The SMILES string of the molecule is Cc1ccc(C(CNS(=O)(=O)c2cc(Cl)ccc2Cl)N2CCOCC2)o1. The summed E-state index contributed by atoms with van der Waals surface area (Å²) in [7, 11) is -3.81. The van der Waals surface area contributed by atoms with Gasteiger partial charge in [0, 0.05) is 24.7 Å². The Labute approximate surface area is 163 Å². The highest BCUT2D eigenvalue weighted by Crippen LogP contribution is 2.27. The Morgan fingerprint density at radius 2 is 1.92 bits per heavy atom. The third-order valence-corrected chi connectivity index (χ3v) is 6.37. The molecule has 1 aromatic heterocycles. The lowest BCUT2D eigenvalue weighted by atomic mass is 10.2. The fourth-order valence-corrected chi connectivity index (χ4v) is 4.68. The molecule has 0 bridgehead atoms. The Balaban J connectivity index is 1.81. The van der Waals surface area contributed by atoms with Crippen LogP contribution in [0.2, 0.25) is 10.0 Å². The second-order valence-electron chi connectivity index (χ2n) is 6.04. The summed E-state index contributed by atoms with van der Waals surface area (Å²) in [5.41, 5.74) is 0. The zero-order valence-corrected chi connectivity index (χ0v) is 16.6. The van der Waals surface area contributed by atoms with Crippen molar-refractivity contribution in [2.45, 2.75) is 17.9 Å². The van der Waals surface area contributed by atoms with Gasteiger partial charge in [0.15, 0.2) is 0 Å². The maximum atomic E-state index is 12.7. The van der Waals surface area contributed by atoms with E-state index in [2.05, 4.69) is 9.62 Å². The molecule has 1 saturated heterocycles. The number of nitrogens with zero attached hydrogens (tertiary/aromatic N) is 1. The molecule has 1 aromatic carbocycles. The van der Waals surface area contributed by atoms with Crippen LogP contribution in [-0.4, -0.2) is 46.2 Å². The zero-order valence-electron chi connectivity index (χ0n) is 14.2. The van der Waals surface area contributed by atoms with Crippen molar-refractivity contribution >= 4 is 33.2 Å². The number of nitrogens with one attached hydrogen (secondary N) is 1. The number of rotatable bonds is 6. The molecule has 2 aromatic rings. The number of aryl methyl sites for hydroxylation is 1. The lowest BCUT2D eigenvalue weighted by molar-refractivity contribution is 0.0127. The minimum Gasteiger partial charge on any atom is -0.465 e. The van der Waals surface area contributed by atoms with Crippen molar-refractivity contribution in [3.05, 3.63) is 51.9 Å². The van der Waals surface area contributed by atoms with Crippen LogP contribution in [0.15, 0.2) is 39.6 Å². The summed E-state index contributed by atoms with van der Waals surface area (Å²) >= 11 is 12.0. The Kier molecular flexibility index (Phi) is 6.27. The molecule has 1 fully saturated rings. The molecule has 1 aliphatic rings. The maximum Gasteiger partial charge on any atom is 0.242 e. The summed E-state index contributed by atoms with van der Waals surface area (Å²) < 4.78 is 39.2. The zero-order chi connectivity index (χ0) is 18.7. The lowest BCUT2D eigenvalue weighted by Crippen LogP contribution is -2.43. The molecule has 0 aliphatic carbocycles. The smallest absolute Gasteiger partial charge is 0.242 e. The van der Waals surface area contributed by atoms with Crippen LogP contribution < -0.4 is 4.72 Å². The van der Waals surface area contributed by atoms with Crippen LogP contribution in [0.1, 0.15) is 17.6 Å². The average Bonchev–Trinajstić information content (AvgIpc) is 3.04. The monoisotopic (exact) mass is 418 g/mol. The van der Waals surface area contributed by atoms with E-state index in [9.17, 15) is 8.42 Å². The fraction of sp³-hybridized carbons (Fsp3) is 0.412. The quantitative estimate of drug-likeness (QED) is 0.779. The summed E-state index contributed by atoms with van der Waals surface area (Å²) in [4.78, 5) is 2.10. The molecule has 0 amide bonds. The molecule has 0 saturated carbocycles. The van der Waals surface area contributed by atoms with Gasteiger partial charge < -0.3 is 9.15 Å². The number of halogens is 2. The van der Waals surface area contributed by atoms with E-state index in [1.165, 1.54) is 12.1 Å². The minimum atomic E-state index is -3.81. The van der Waals surface area contributed by atoms with Gasteiger partial charge in [-0.25, -0.2) is 13.1 Å². The first-order valence-corrected chi connectivity index (χ1v) is 10.4. The first-order chi connectivity index (χ1) is 12.4. The highest BCUT2D eigenvalue weighted by Gasteiger charge is 2.28. The number of hydrogen-bond acceptors (Lipinski definition) is 5. The third kappa shape index (κ3) is 4.60. The van der Waals surface area contributed by atoms with E-state index in [1.807, 2.05) is 19.1 Å². The minimum absolute atomic E-state index is 0.0389. The highest BCUT2D eigenvalue weighted by atomic mass is 35.5. The summed E-state index contributed by atoms with van der Waals surface area (Å²) in [6.45, 7) is 4.61. The molecule has 1 aliphatic heterocycles. The van der Waals surface area contributed by atoms with Crippen LogP contribution >= 0.6 is 23.2 Å². The second kappa shape index (κ2) is 8.29. The van der Waals surface area contributed by atoms with Gasteiger partial charge in [0.2, 0.25) is 10.0 Å². The van der Waals surface area contributed by atoms with Crippen LogP contribution in [-0.2, 0) is 14.8 Å². The molecule has 2 heterocycles. The van der Waals surface area contributed by atoms with E-state index in [-0.39, 0.29) is 22.5 Å². The van der Waals surface area contributed by atoms with E-state index in [0.717, 1.165) is 5.76 Å². The average molecular weight is 419 g/mol. The van der Waals surface area contributed by atoms with E-state index < -0.39 is 10.0 Å². The maximum absolute atomic E-state index is 12.7. The Morgan fingerprint density at radius 3 is 2.58 bits per heavy atom. The van der Waals surface area contributed by atoms with Crippen LogP contribution in [0.5, 0.6) is 0 Å². The predicted molar refractivity (Wildman–Crippen MR) is 100 cm³/mol. The first-order valence-electron chi connectivity index (χ1n) is 8.19. The van der Waals surface area contributed by atoms with Crippen LogP contribution in [0.4, 0.5) is 0 Å². The molecule has 0 radical (unpaired) electrons. The molecule has 6 nitrogen and oxygen atoms in total. The predicted octanol–water partition coefficient (Wildman–Crippen LogP) is 3.25. The van der Waals surface area contributed by atoms with E-state index in [4.69, 9.17) is 32.4 Å². The highest BCUT2D eigenvalue weighted by molar-refractivity contribution is 7.89. The van der Waals surface area contributed by atoms with Gasteiger partial charge in [0.05, 0.1) is 24.3 Å². The largest absolute Gasteiger partial charge is 0.465 e. The van der Waals surface area contributed by atoms with Gasteiger partial charge in [-0.3, -0.25) is 4.90 Å². The van der Waals surface area contributed by atoms with Gasteiger partial charge in [-0.2, -0.15) is 0 Å². The van der Waals surface area contributed by atoms with E-state index >= 15 is 0 Å². The van der Waals surface area contributed by atoms with Crippen LogP contribution in [0, 0.1) is 6.92 Å². The van der Waals surface area contributed by atoms with E-state index in [0.29, 0.717) is 37.1 Å². The topological polar surface area (TPSA) is 71.8 Å². The molecule has 1 N–H and O–H groups in total. The van der Waals surface area contributed by atoms with Gasteiger partial charge in [0.25, 0.3) is 0 Å². The molecular weight excluding hydrogens is 399 g/mol. The standard InChI is InChI=1S/C17H20Cl2N2O4S/c1-12-2-5-16(25-12)15(21-6-8-24-9-7-21)11-20-26(22,23)17-10-13(18)3-4-14(17)19/h2-5,10,15,20H,6-9,11H2,1H3. The van der Waals surface area contributed by atoms with Gasteiger partial charge in [-0.1, -0.05) is 23.2 Å². The number of ether oxygens (including phenoxy) is 1. The number of sulfonamides is 1. The lowest BCUT2D eigenvalue weighted by Gasteiger charge is -2.33. The molecule has 1 unspecified atom stereocenters. The number of furan rings is 1. The summed E-state index contributed by atoms with van der Waals surface area (Å²) in [6, 6.07) is 7.85. The molecule has 1 atom stereocenters. The Bertz CT molecular complexity index is 863. The first kappa shape index (κ1) is 19.7. The van der Waals surface area contributed by atoms with Crippen molar-refractivity contribution in [2.24, 2.45) is 0 Å². The number of morpholine rings is 1. The number of hydrogen-bond donors (Lipinski definition) is 1. The fourth-order valence-electron chi connectivity index (χ4n) is 2.88. The summed E-state index contributed by atoms with van der Waals surface area (Å²) in [5.74, 6) is 1.49. The number of benzene rings is 1. The summed E-state index contributed by atoms with van der Waals surface area (Å²) in [5, 5.41) is 0.430. The molecule has 9 heteroatoms. The third-order valence-electron chi connectivity index (χ3n) is 4.23. The van der Waals surface area contributed by atoms with Crippen molar-refractivity contribution in [1.29, 1.82) is 0 Å². The van der Waals surface area contributed by atoms with Crippen molar-refractivity contribution in [2.75, 3.05) is 32.8 Å². The molecule has 26 heavy (non-hydrogen) atoms. The molecular formula is C17H20Cl2N2O4S. The van der Waals surface area contributed by atoms with Crippen molar-refractivity contribution < 1.29 is 17.6 Å². The Morgan fingerprint density at radius 1 is 1.19 bits per heavy atom. The summed E-state index contributed by atoms with van der Waals surface area (Å²) in [6.07, 6.45) is 0. The molecule has 0 spiro atoms. The van der Waals surface area contributed by atoms with Crippen LogP contribution in [0.25, 0.3) is 0 Å². The van der Waals surface area contributed by atoms with Gasteiger partial charge in [-0.15, -0.1) is 0 Å². The van der Waals surface area contributed by atoms with E-state index in [1.54, 1.807) is 6.07 Å². The van der Waals surface area contributed by atoms with Crippen molar-refractivity contribution in [1.82, 2.24) is 9.62 Å².